The summed E-state index contributed by atoms with van der Waals surface area (Å²) in [6.45, 7) is 4.12. The van der Waals surface area contributed by atoms with Crippen molar-refractivity contribution < 1.29 is 9.32 Å². The Labute approximate surface area is 134 Å². The number of anilines is 1. The van der Waals surface area contributed by atoms with Crippen molar-refractivity contribution in [1.29, 1.82) is 0 Å². The van der Waals surface area contributed by atoms with Crippen LogP contribution in [0.5, 0.6) is 0 Å². The topological polar surface area (TPSA) is 73.0 Å². The van der Waals surface area contributed by atoms with Gasteiger partial charge < -0.3 is 9.84 Å². The molecule has 0 fully saturated rings. The maximum atomic E-state index is 12.3. The van der Waals surface area contributed by atoms with E-state index in [1.54, 1.807) is 23.0 Å². The maximum absolute atomic E-state index is 12.3. The molecule has 0 aliphatic carbocycles. The molecule has 0 aliphatic heterocycles. The summed E-state index contributed by atoms with van der Waals surface area (Å²) < 4.78 is 7.04. The van der Waals surface area contributed by atoms with E-state index in [-0.39, 0.29) is 17.6 Å². The number of carbonyl (C=O) groups excluding carboxylic acids is 1. The van der Waals surface area contributed by atoms with E-state index < -0.39 is 0 Å². The van der Waals surface area contributed by atoms with Crippen molar-refractivity contribution >= 4 is 11.7 Å². The highest BCUT2D eigenvalue weighted by molar-refractivity contribution is 6.02. The standard InChI is InChI=1S/C17H18N4O2/c1-3-12(2)21-16(9-10-18-21)19-17(22)14-11-15(23-20-14)13-7-5-4-6-8-13/h4-12H,3H2,1-2H3,(H,19,22). The SMILES string of the molecule is CCC(C)n1nccc1NC(=O)c1cc(-c2ccccc2)on1. The van der Waals surface area contributed by atoms with Crippen LogP contribution < -0.4 is 5.32 Å². The lowest BCUT2D eigenvalue weighted by Gasteiger charge is -2.13. The second-order valence-electron chi connectivity index (χ2n) is 5.31. The molecule has 23 heavy (non-hydrogen) atoms. The molecule has 1 aromatic carbocycles. The Morgan fingerprint density at radius 2 is 2.09 bits per heavy atom. The number of nitrogens with zero attached hydrogens (tertiary/aromatic N) is 3. The van der Waals surface area contributed by atoms with Crippen LogP contribution in [-0.4, -0.2) is 20.8 Å². The Hall–Kier alpha value is -2.89. The summed E-state index contributed by atoms with van der Waals surface area (Å²) in [5.41, 5.74) is 1.12. The second kappa shape index (κ2) is 6.48. The largest absolute Gasteiger partial charge is 0.355 e. The lowest BCUT2D eigenvalue weighted by molar-refractivity contribution is 0.101. The molecule has 1 unspecified atom stereocenters. The molecule has 2 aromatic heterocycles. The van der Waals surface area contributed by atoms with Crippen LogP contribution in [-0.2, 0) is 0 Å². The summed E-state index contributed by atoms with van der Waals surface area (Å²) in [5.74, 6) is 0.890. The first-order valence-electron chi connectivity index (χ1n) is 7.56. The van der Waals surface area contributed by atoms with Crippen molar-refractivity contribution in [3.05, 3.63) is 54.4 Å². The van der Waals surface area contributed by atoms with Gasteiger partial charge in [0.25, 0.3) is 5.91 Å². The van der Waals surface area contributed by atoms with Gasteiger partial charge in [0.15, 0.2) is 11.5 Å². The summed E-state index contributed by atoms with van der Waals surface area (Å²) in [4.78, 5) is 12.3. The van der Waals surface area contributed by atoms with Crippen molar-refractivity contribution in [2.75, 3.05) is 5.32 Å². The Balaban J connectivity index is 1.77. The van der Waals surface area contributed by atoms with E-state index in [9.17, 15) is 4.79 Å². The van der Waals surface area contributed by atoms with E-state index in [0.717, 1.165) is 12.0 Å². The number of carbonyl (C=O) groups is 1. The zero-order valence-corrected chi connectivity index (χ0v) is 13.1. The summed E-state index contributed by atoms with van der Waals surface area (Å²) in [6, 6.07) is 13.1. The number of rotatable bonds is 5. The van der Waals surface area contributed by atoms with Gasteiger partial charge >= 0.3 is 0 Å². The minimum atomic E-state index is -0.319. The summed E-state index contributed by atoms with van der Waals surface area (Å²) in [6.07, 6.45) is 2.59. The Bertz CT molecular complexity index is 792. The average molecular weight is 310 g/mol. The van der Waals surface area contributed by atoms with Crippen molar-refractivity contribution in [3.8, 4) is 11.3 Å². The molecule has 0 saturated heterocycles. The normalized spacial score (nSPS) is 12.1. The molecule has 118 valence electrons. The van der Waals surface area contributed by atoms with E-state index in [0.29, 0.717) is 11.6 Å². The summed E-state index contributed by atoms with van der Waals surface area (Å²) in [5, 5.41) is 10.9. The second-order valence-corrected chi connectivity index (χ2v) is 5.31. The van der Waals surface area contributed by atoms with Crippen LogP contribution in [0.4, 0.5) is 5.82 Å². The molecule has 3 rings (SSSR count). The van der Waals surface area contributed by atoms with Crippen LogP contribution in [0.2, 0.25) is 0 Å². The van der Waals surface area contributed by atoms with Crippen molar-refractivity contribution in [3.63, 3.8) is 0 Å². The number of hydrogen-bond donors (Lipinski definition) is 1. The fraction of sp³-hybridized carbons (Fsp3) is 0.235. The minimum absolute atomic E-state index is 0.206. The quantitative estimate of drug-likeness (QED) is 0.778. The van der Waals surface area contributed by atoms with E-state index in [2.05, 4.69) is 22.5 Å². The highest BCUT2D eigenvalue weighted by Gasteiger charge is 2.16. The third-order valence-electron chi connectivity index (χ3n) is 3.72. The zero-order chi connectivity index (χ0) is 16.2. The summed E-state index contributed by atoms with van der Waals surface area (Å²) in [7, 11) is 0. The van der Waals surface area contributed by atoms with Gasteiger partial charge in [0, 0.05) is 17.7 Å². The molecule has 0 aliphatic rings. The van der Waals surface area contributed by atoms with Crippen molar-refractivity contribution in [2.24, 2.45) is 0 Å². The van der Waals surface area contributed by atoms with Crippen LogP contribution in [0.25, 0.3) is 11.3 Å². The Morgan fingerprint density at radius 3 is 2.83 bits per heavy atom. The first kappa shape index (κ1) is 15.0. The minimum Gasteiger partial charge on any atom is -0.355 e. The third-order valence-corrected chi connectivity index (χ3v) is 3.72. The smallest absolute Gasteiger partial charge is 0.279 e. The zero-order valence-electron chi connectivity index (χ0n) is 13.1. The fourth-order valence-electron chi connectivity index (χ4n) is 2.24. The predicted molar refractivity (Wildman–Crippen MR) is 87.1 cm³/mol. The van der Waals surface area contributed by atoms with E-state index in [1.807, 2.05) is 37.3 Å². The van der Waals surface area contributed by atoms with E-state index in [4.69, 9.17) is 4.52 Å². The Morgan fingerprint density at radius 1 is 1.30 bits per heavy atom. The predicted octanol–water partition coefficient (Wildman–Crippen LogP) is 3.76. The first-order valence-corrected chi connectivity index (χ1v) is 7.56. The van der Waals surface area contributed by atoms with Gasteiger partial charge in [0.1, 0.15) is 5.82 Å². The lowest BCUT2D eigenvalue weighted by Crippen LogP contribution is -2.17. The van der Waals surface area contributed by atoms with Crippen molar-refractivity contribution in [2.45, 2.75) is 26.3 Å². The van der Waals surface area contributed by atoms with Crippen LogP contribution in [0.3, 0.4) is 0 Å². The molecular formula is C17H18N4O2. The van der Waals surface area contributed by atoms with Gasteiger partial charge in [-0.25, -0.2) is 4.68 Å². The molecule has 1 amide bonds. The van der Waals surface area contributed by atoms with Crippen molar-refractivity contribution in [1.82, 2.24) is 14.9 Å². The Kier molecular flexibility index (Phi) is 4.23. The number of aromatic nitrogens is 3. The van der Waals surface area contributed by atoms with Gasteiger partial charge in [-0.2, -0.15) is 5.10 Å². The number of benzene rings is 1. The van der Waals surface area contributed by atoms with E-state index >= 15 is 0 Å². The van der Waals surface area contributed by atoms with Gasteiger partial charge in [-0.1, -0.05) is 42.4 Å². The van der Waals surface area contributed by atoms with Gasteiger partial charge in [-0.15, -0.1) is 0 Å². The molecule has 6 nitrogen and oxygen atoms in total. The van der Waals surface area contributed by atoms with Gasteiger partial charge in [0.05, 0.1) is 12.2 Å². The third kappa shape index (κ3) is 3.15. The first-order chi connectivity index (χ1) is 11.2. The van der Waals surface area contributed by atoms with Gasteiger partial charge in [-0.05, 0) is 13.3 Å². The van der Waals surface area contributed by atoms with Gasteiger partial charge in [-0.3, -0.25) is 4.79 Å². The maximum Gasteiger partial charge on any atom is 0.279 e. The molecule has 1 atom stereocenters. The average Bonchev–Trinajstić information content (AvgIpc) is 3.24. The highest BCUT2D eigenvalue weighted by Crippen LogP contribution is 2.21. The molecular weight excluding hydrogens is 292 g/mol. The van der Waals surface area contributed by atoms with Crippen LogP contribution in [0.15, 0.2) is 53.2 Å². The highest BCUT2D eigenvalue weighted by atomic mass is 16.5. The molecule has 1 N–H and O–H groups in total. The monoisotopic (exact) mass is 310 g/mol. The summed E-state index contributed by atoms with van der Waals surface area (Å²) >= 11 is 0. The van der Waals surface area contributed by atoms with Gasteiger partial charge in [0.2, 0.25) is 0 Å². The van der Waals surface area contributed by atoms with E-state index in [1.165, 1.54) is 0 Å². The lowest BCUT2D eigenvalue weighted by atomic mass is 10.1. The molecule has 3 aromatic rings. The number of nitrogens with one attached hydrogen (secondary N) is 1. The number of amides is 1. The van der Waals surface area contributed by atoms with Crippen LogP contribution in [0.1, 0.15) is 36.8 Å². The molecule has 0 bridgehead atoms. The fourth-order valence-corrected chi connectivity index (χ4v) is 2.24. The number of hydrogen-bond acceptors (Lipinski definition) is 4. The molecule has 0 saturated carbocycles. The molecule has 0 spiro atoms. The molecule has 0 radical (unpaired) electrons. The van der Waals surface area contributed by atoms with Crippen LogP contribution >= 0.6 is 0 Å². The molecule has 2 heterocycles. The molecule has 6 heteroatoms. The van der Waals surface area contributed by atoms with Crippen LogP contribution in [0, 0.1) is 0 Å².